The lowest BCUT2D eigenvalue weighted by molar-refractivity contribution is -0.137. The van der Waals surface area contributed by atoms with Crippen molar-refractivity contribution in [1.29, 1.82) is 0 Å². The van der Waals surface area contributed by atoms with Gasteiger partial charge in [-0.05, 0) is 36.4 Å². The second-order valence-electron chi connectivity index (χ2n) is 8.76. The Morgan fingerprint density at radius 1 is 1.03 bits per heavy atom. The van der Waals surface area contributed by atoms with Gasteiger partial charge >= 0.3 is 6.18 Å². The maximum atomic E-state index is 13.6. The van der Waals surface area contributed by atoms with Crippen LogP contribution in [-0.4, -0.2) is 54.3 Å². The molecule has 0 radical (unpaired) electrons. The van der Waals surface area contributed by atoms with Gasteiger partial charge in [-0.3, -0.25) is 14.5 Å². The lowest BCUT2D eigenvalue weighted by atomic mass is 10.1. The number of carbonyl (C=O) groups is 1. The van der Waals surface area contributed by atoms with Gasteiger partial charge < -0.3 is 10.3 Å². The highest BCUT2D eigenvalue weighted by Gasteiger charge is 2.31. The molecule has 1 amide bonds. The monoisotopic (exact) mass is 496 g/mol. The van der Waals surface area contributed by atoms with Crippen LogP contribution in [0.3, 0.4) is 0 Å². The fourth-order valence-corrected chi connectivity index (χ4v) is 4.34. The van der Waals surface area contributed by atoms with Gasteiger partial charge in [-0.25, -0.2) is 15.0 Å². The number of hydrazine groups is 1. The maximum absolute atomic E-state index is 13.6. The summed E-state index contributed by atoms with van der Waals surface area (Å²) in [6.45, 7) is 0.0531. The molecule has 186 valence electrons. The number of hydrogen-bond acceptors (Lipinski definition) is 6. The summed E-state index contributed by atoms with van der Waals surface area (Å²) >= 11 is 0. The zero-order valence-electron chi connectivity index (χ0n) is 20.0. The zero-order chi connectivity index (χ0) is 25.9. The zero-order valence-corrected chi connectivity index (χ0v) is 20.0. The highest BCUT2D eigenvalue weighted by Crippen LogP contribution is 2.32. The molecule has 3 aromatic heterocycles. The molecule has 0 atom stereocenters. The number of carbonyl (C=O) groups excluding carboxylic acids is 1. The van der Waals surface area contributed by atoms with E-state index >= 15 is 0 Å². The summed E-state index contributed by atoms with van der Waals surface area (Å²) in [4.78, 5) is 22.4. The van der Waals surface area contributed by atoms with Gasteiger partial charge in [0.15, 0.2) is 0 Å². The Labute approximate surface area is 203 Å². The van der Waals surface area contributed by atoms with E-state index in [9.17, 15) is 18.0 Å². The standard InChI is InChI=1S/C24H23F3N8O/c1-32(2)35(12-20-30-18-10-14(24(25,26)27)6-8-19(18)33(20)3)23(36)13-5-7-17-15(9-13)21-16(22(28)31-17)11-29-34(21)4/h5-11H,12H2,1-4H3,(H2,28,31). The van der Waals surface area contributed by atoms with Gasteiger partial charge in [0.1, 0.15) is 11.6 Å². The van der Waals surface area contributed by atoms with E-state index in [2.05, 4.69) is 15.1 Å². The Morgan fingerprint density at radius 2 is 1.78 bits per heavy atom. The number of nitrogens with zero attached hydrogens (tertiary/aromatic N) is 7. The van der Waals surface area contributed by atoms with E-state index in [0.29, 0.717) is 33.6 Å². The van der Waals surface area contributed by atoms with Crippen molar-refractivity contribution in [3.05, 3.63) is 59.5 Å². The van der Waals surface area contributed by atoms with Crippen molar-refractivity contribution in [3.8, 4) is 0 Å². The Kier molecular flexibility index (Phi) is 5.36. The fraction of sp³-hybridized carbons (Fsp3) is 0.250. The highest BCUT2D eigenvalue weighted by atomic mass is 19.4. The number of nitrogen functional groups attached to an aromatic ring is 1. The fourth-order valence-electron chi connectivity index (χ4n) is 4.34. The molecule has 0 aliphatic heterocycles. The molecule has 0 saturated carbocycles. The van der Waals surface area contributed by atoms with Crippen molar-refractivity contribution < 1.29 is 18.0 Å². The van der Waals surface area contributed by atoms with Gasteiger partial charge in [-0.2, -0.15) is 18.3 Å². The van der Waals surface area contributed by atoms with E-state index < -0.39 is 11.7 Å². The van der Waals surface area contributed by atoms with Crippen LogP contribution in [-0.2, 0) is 26.8 Å². The molecule has 0 aliphatic rings. The Morgan fingerprint density at radius 3 is 2.47 bits per heavy atom. The molecule has 0 spiro atoms. The van der Waals surface area contributed by atoms with Gasteiger partial charge in [0.2, 0.25) is 0 Å². The molecule has 0 aliphatic carbocycles. The van der Waals surface area contributed by atoms with Gasteiger partial charge in [-0.1, -0.05) is 0 Å². The molecule has 0 unspecified atom stereocenters. The first-order chi connectivity index (χ1) is 17.0. The van der Waals surface area contributed by atoms with Crippen molar-refractivity contribution in [1.82, 2.24) is 34.3 Å². The van der Waals surface area contributed by atoms with Crippen molar-refractivity contribution >= 4 is 44.6 Å². The molecule has 5 rings (SSSR count). The van der Waals surface area contributed by atoms with Gasteiger partial charge in [-0.15, -0.1) is 0 Å². The predicted molar refractivity (Wildman–Crippen MR) is 130 cm³/mol. The number of aromatic nitrogens is 5. The number of anilines is 1. The minimum absolute atomic E-state index is 0.0531. The largest absolute Gasteiger partial charge is 0.416 e. The molecule has 3 heterocycles. The van der Waals surface area contributed by atoms with E-state index in [1.54, 1.807) is 66.8 Å². The second-order valence-corrected chi connectivity index (χ2v) is 8.76. The number of alkyl halides is 3. The van der Waals surface area contributed by atoms with Crippen LogP contribution in [0.1, 0.15) is 21.7 Å². The van der Waals surface area contributed by atoms with Crippen LogP contribution in [0.4, 0.5) is 19.0 Å². The van der Waals surface area contributed by atoms with Crippen LogP contribution in [0.25, 0.3) is 32.8 Å². The average molecular weight is 496 g/mol. The molecule has 0 fully saturated rings. The summed E-state index contributed by atoms with van der Waals surface area (Å²) in [5.74, 6) is 0.489. The van der Waals surface area contributed by atoms with Crippen molar-refractivity contribution in [2.24, 2.45) is 14.1 Å². The van der Waals surface area contributed by atoms with Crippen LogP contribution in [0.5, 0.6) is 0 Å². The van der Waals surface area contributed by atoms with E-state index in [0.717, 1.165) is 23.0 Å². The summed E-state index contributed by atoms with van der Waals surface area (Å²) in [6.07, 6.45) is -2.83. The number of nitrogens with two attached hydrogens (primary N) is 1. The number of imidazole rings is 1. The number of benzene rings is 2. The number of fused-ring (bicyclic) bond motifs is 4. The second kappa shape index (κ2) is 8.19. The Balaban J connectivity index is 1.54. The third-order valence-electron chi connectivity index (χ3n) is 6.26. The first-order valence-electron chi connectivity index (χ1n) is 11.0. The Bertz CT molecular complexity index is 1650. The van der Waals surface area contributed by atoms with Crippen LogP contribution in [0.2, 0.25) is 0 Å². The van der Waals surface area contributed by atoms with E-state index in [-0.39, 0.29) is 18.0 Å². The topological polar surface area (TPSA) is 98.1 Å². The molecule has 5 aromatic rings. The normalized spacial score (nSPS) is 12.3. The van der Waals surface area contributed by atoms with E-state index in [1.165, 1.54) is 11.1 Å². The number of rotatable bonds is 4. The molecule has 9 nitrogen and oxygen atoms in total. The molecular weight excluding hydrogens is 473 g/mol. The third kappa shape index (κ3) is 3.79. The van der Waals surface area contributed by atoms with Gasteiger partial charge in [0, 0.05) is 39.1 Å². The molecule has 12 heteroatoms. The smallest absolute Gasteiger partial charge is 0.383 e. The summed E-state index contributed by atoms with van der Waals surface area (Å²) in [5, 5.41) is 8.77. The van der Waals surface area contributed by atoms with Crippen LogP contribution >= 0.6 is 0 Å². The molecule has 0 bridgehead atoms. The average Bonchev–Trinajstić information content (AvgIpc) is 3.36. The predicted octanol–water partition coefficient (Wildman–Crippen LogP) is 3.73. The molecule has 2 N–H and O–H groups in total. The molecular formula is C24H23F3N8O. The SMILES string of the molecule is CN(C)N(Cc1nc2cc(C(F)(F)F)ccc2n1C)C(=O)c1ccc2nc(N)c3cnn(C)c3c2c1. The summed E-state index contributed by atoms with van der Waals surface area (Å²) in [6, 6.07) is 8.57. The number of pyridine rings is 1. The minimum Gasteiger partial charge on any atom is -0.383 e. The first-order valence-corrected chi connectivity index (χ1v) is 11.0. The highest BCUT2D eigenvalue weighted by molar-refractivity contribution is 6.10. The number of amides is 1. The number of halogens is 3. The maximum Gasteiger partial charge on any atom is 0.416 e. The van der Waals surface area contributed by atoms with E-state index in [4.69, 9.17) is 5.73 Å². The van der Waals surface area contributed by atoms with Crippen molar-refractivity contribution in [2.75, 3.05) is 19.8 Å². The molecule has 36 heavy (non-hydrogen) atoms. The molecule has 2 aromatic carbocycles. The van der Waals surface area contributed by atoms with Crippen LogP contribution in [0, 0.1) is 0 Å². The summed E-state index contributed by atoms with van der Waals surface area (Å²) in [7, 11) is 6.93. The van der Waals surface area contributed by atoms with Gasteiger partial charge in [0.25, 0.3) is 5.91 Å². The summed E-state index contributed by atoms with van der Waals surface area (Å²) in [5.41, 5.74) is 7.85. The quantitative estimate of drug-likeness (QED) is 0.381. The van der Waals surface area contributed by atoms with Gasteiger partial charge in [0.05, 0.1) is 45.8 Å². The lowest BCUT2D eigenvalue weighted by Gasteiger charge is -2.28. The number of aryl methyl sites for hydroxylation is 2. The van der Waals surface area contributed by atoms with Crippen molar-refractivity contribution in [2.45, 2.75) is 12.7 Å². The number of hydrogen-bond donors (Lipinski definition) is 1. The van der Waals surface area contributed by atoms with Crippen LogP contribution < -0.4 is 5.73 Å². The molecule has 0 saturated heterocycles. The first kappa shape index (κ1) is 23.5. The van der Waals surface area contributed by atoms with E-state index in [1.807, 2.05) is 0 Å². The third-order valence-corrected chi connectivity index (χ3v) is 6.26. The minimum atomic E-state index is -4.47. The van der Waals surface area contributed by atoms with Crippen LogP contribution in [0.15, 0.2) is 42.6 Å². The lowest BCUT2D eigenvalue weighted by Crippen LogP contribution is -2.41. The van der Waals surface area contributed by atoms with Crippen molar-refractivity contribution in [3.63, 3.8) is 0 Å². The summed E-state index contributed by atoms with van der Waals surface area (Å²) < 4.78 is 42.8. The Hall–Kier alpha value is -4.19.